The Bertz CT molecular complexity index is 31.0. The minimum absolute atomic E-state index is 0.333. The van der Waals surface area contributed by atoms with Gasteiger partial charge in [0.1, 0.15) is 0 Å². The number of primary amides is 1. The molecule has 0 rings (SSSR count). The molecule has 0 aromatic carbocycles. The SMILES string of the molecule is BC(N)=O. The molecule has 22 valence electrons. The van der Waals surface area contributed by atoms with Gasteiger partial charge in [-0.1, -0.05) is 0 Å². The van der Waals surface area contributed by atoms with Crippen LogP contribution in [0, 0.1) is 0 Å². The van der Waals surface area contributed by atoms with E-state index in [0.717, 1.165) is 0 Å². The zero-order chi connectivity index (χ0) is 3.58. The summed E-state index contributed by atoms with van der Waals surface area (Å²) in [6, 6.07) is 0. The summed E-state index contributed by atoms with van der Waals surface area (Å²) in [5.41, 5.74) is 4.47. The molecule has 0 aromatic heterocycles. The molecule has 2 nitrogen and oxygen atoms in total. The lowest BCUT2D eigenvalue weighted by atomic mass is 10.2. The van der Waals surface area contributed by atoms with Gasteiger partial charge >= 0.3 is 0 Å². The molecule has 0 saturated heterocycles. The summed E-state index contributed by atoms with van der Waals surface area (Å²) < 4.78 is 0. The van der Waals surface area contributed by atoms with Gasteiger partial charge in [-0.3, -0.25) is 4.79 Å². The van der Waals surface area contributed by atoms with E-state index in [1.807, 2.05) is 0 Å². The van der Waals surface area contributed by atoms with E-state index < -0.39 is 0 Å². The van der Waals surface area contributed by atoms with E-state index in [1.54, 1.807) is 0 Å². The zero-order valence-corrected chi connectivity index (χ0v) is 2.49. The second-order valence-electron chi connectivity index (χ2n) is 0.611. The van der Waals surface area contributed by atoms with Crippen LogP contribution in [0.3, 0.4) is 0 Å². The minimum atomic E-state index is -0.333. The predicted molar refractivity (Wildman–Crippen MR) is 18.1 cm³/mol. The third-order valence-corrected chi connectivity index (χ3v) is 0. The fourth-order valence-corrected chi connectivity index (χ4v) is 0. The highest BCUT2D eigenvalue weighted by Crippen LogP contribution is 1.33. The number of carbonyl (C=O) groups is 1. The van der Waals surface area contributed by atoms with Crippen LogP contribution in [0.25, 0.3) is 0 Å². The van der Waals surface area contributed by atoms with Crippen LogP contribution in [0.1, 0.15) is 0 Å². The van der Waals surface area contributed by atoms with Crippen LogP contribution >= 0.6 is 0 Å². The minimum Gasteiger partial charge on any atom is -0.379 e. The van der Waals surface area contributed by atoms with Crippen molar-refractivity contribution in [3.8, 4) is 0 Å². The largest absolute Gasteiger partial charge is 0.379 e. The molecule has 0 spiro atoms. The summed E-state index contributed by atoms with van der Waals surface area (Å²) >= 11 is 0. The van der Waals surface area contributed by atoms with Crippen molar-refractivity contribution in [2.75, 3.05) is 0 Å². The number of nitrogens with two attached hydrogens (primary N) is 1. The van der Waals surface area contributed by atoms with Gasteiger partial charge in [-0.2, -0.15) is 0 Å². The first-order valence-corrected chi connectivity index (χ1v) is 0.993. The Hall–Kier alpha value is -0.465. The number of amides is 1. The molecule has 1 amide bonds. The monoisotopic (exact) mass is 57.0 g/mol. The molecule has 0 aliphatic rings. The van der Waals surface area contributed by atoms with E-state index in [4.69, 9.17) is 0 Å². The van der Waals surface area contributed by atoms with Gasteiger partial charge in [-0.05, 0) is 0 Å². The standard InChI is InChI=1S/CH4BNO/c2-1(3)4/h2H2,(H2,3,4). The first kappa shape index (κ1) is 3.53. The lowest BCUT2D eigenvalue weighted by Crippen LogP contribution is -2.05. The maximum absolute atomic E-state index is 9.22. The van der Waals surface area contributed by atoms with E-state index in [2.05, 4.69) is 5.73 Å². The van der Waals surface area contributed by atoms with Crippen molar-refractivity contribution in [1.82, 2.24) is 0 Å². The molecule has 0 aliphatic carbocycles. The molecular weight excluding hydrogens is 52.8 g/mol. The van der Waals surface area contributed by atoms with Crippen molar-refractivity contribution < 1.29 is 4.79 Å². The highest BCUT2D eigenvalue weighted by Gasteiger charge is 1.63. The molecule has 0 bridgehead atoms. The molecule has 0 saturated carbocycles. The Labute approximate surface area is 25.4 Å². The number of hydrogen-bond acceptors (Lipinski definition) is 1. The molecule has 0 atom stereocenters. The lowest BCUT2D eigenvalue weighted by molar-refractivity contribution is 0.266. The van der Waals surface area contributed by atoms with Gasteiger partial charge in [-0.25, -0.2) is 0 Å². The summed E-state index contributed by atoms with van der Waals surface area (Å²) in [4.78, 5) is 9.22. The maximum Gasteiger partial charge on any atom is 0.215 e. The van der Waals surface area contributed by atoms with E-state index >= 15 is 0 Å². The molecule has 0 heterocycles. The first-order valence-electron chi connectivity index (χ1n) is 0.993. The van der Waals surface area contributed by atoms with Crippen LogP contribution < -0.4 is 5.73 Å². The maximum atomic E-state index is 9.22. The topological polar surface area (TPSA) is 43.1 Å². The Morgan fingerprint density at radius 2 is 2.00 bits per heavy atom. The summed E-state index contributed by atoms with van der Waals surface area (Å²) in [6.45, 7) is 0. The number of hydrogen-bond donors (Lipinski definition) is 1. The Morgan fingerprint density at radius 3 is 2.00 bits per heavy atom. The molecule has 4 heavy (non-hydrogen) atoms. The van der Waals surface area contributed by atoms with Crippen LogP contribution in [-0.2, 0) is 0 Å². The molecule has 3 heteroatoms. The van der Waals surface area contributed by atoms with Crippen LogP contribution in [0.4, 0.5) is 4.79 Å². The molecule has 0 unspecified atom stereocenters. The van der Waals surface area contributed by atoms with Crippen molar-refractivity contribution >= 4 is 13.7 Å². The van der Waals surface area contributed by atoms with Gasteiger partial charge in [-0.15, -0.1) is 0 Å². The van der Waals surface area contributed by atoms with E-state index in [1.165, 1.54) is 7.85 Å². The van der Waals surface area contributed by atoms with Gasteiger partial charge in [0.2, 0.25) is 7.85 Å². The third kappa shape index (κ3) is 2.03. The van der Waals surface area contributed by atoms with Crippen LogP contribution in [0.15, 0.2) is 0 Å². The molecule has 0 radical (unpaired) electrons. The molecule has 0 aliphatic heterocycles. The van der Waals surface area contributed by atoms with E-state index in [9.17, 15) is 4.79 Å². The van der Waals surface area contributed by atoms with Gasteiger partial charge in [0, 0.05) is 0 Å². The Balaban J connectivity index is 2.80. The quantitative estimate of drug-likeness (QED) is 0.345. The number of carbonyl (C=O) groups excluding carboxylic acids is 1. The fraction of sp³-hybridized carbons (Fsp3) is 0. The molecule has 0 aromatic rings. The average molecular weight is 56.9 g/mol. The summed E-state index contributed by atoms with van der Waals surface area (Å²) in [6.07, 6.45) is 0. The highest BCUT2D eigenvalue weighted by atomic mass is 16.1. The Morgan fingerprint density at radius 1 is 2.00 bits per heavy atom. The van der Waals surface area contributed by atoms with Gasteiger partial charge < -0.3 is 5.73 Å². The molecular formula is CH4BNO. The molecule has 0 fully saturated rings. The second-order valence-corrected chi connectivity index (χ2v) is 0.611. The Kier molecular flexibility index (Phi) is 0.821. The van der Waals surface area contributed by atoms with Crippen molar-refractivity contribution in [1.29, 1.82) is 0 Å². The van der Waals surface area contributed by atoms with Gasteiger partial charge in [0.25, 0.3) is 0 Å². The third-order valence-electron chi connectivity index (χ3n) is 0. The van der Waals surface area contributed by atoms with Crippen molar-refractivity contribution in [3.05, 3.63) is 0 Å². The van der Waals surface area contributed by atoms with Gasteiger partial charge in [0.15, 0.2) is 5.81 Å². The van der Waals surface area contributed by atoms with Crippen molar-refractivity contribution in [3.63, 3.8) is 0 Å². The summed E-state index contributed by atoms with van der Waals surface area (Å²) in [5.74, 6) is -0.333. The lowest BCUT2D eigenvalue weighted by Gasteiger charge is -1.59. The predicted octanol–water partition coefficient (Wildman–Crippen LogP) is -1.30. The normalized spacial score (nSPS) is 6.00. The van der Waals surface area contributed by atoms with Crippen LogP contribution in [-0.4, -0.2) is 13.7 Å². The smallest absolute Gasteiger partial charge is 0.215 e. The van der Waals surface area contributed by atoms with Crippen molar-refractivity contribution in [2.24, 2.45) is 5.73 Å². The zero-order valence-electron chi connectivity index (χ0n) is 2.49. The summed E-state index contributed by atoms with van der Waals surface area (Å²) in [5, 5.41) is 0. The molecule has 2 N–H and O–H groups in total. The van der Waals surface area contributed by atoms with E-state index in [-0.39, 0.29) is 5.81 Å². The second kappa shape index (κ2) is 0.929. The summed E-state index contributed by atoms with van der Waals surface area (Å²) in [7, 11) is 1.31. The van der Waals surface area contributed by atoms with Crippen LogP contribution in [0.2, 0.25) is 0 Å². The van der Waals surface area contributed by atoms with Crippen LogP contribution in [0.5, 0.6) is 0 Å². The first-order chi connectivity index (χ1) is 1.73. The van der Waals surface area contributed by atoms with Crippen molar-refractivity contribution in [2.45, 2.75) is 0 Å². The highest BCUT2D eigenvalue weighted by molar-refractivity contribution is 6.56. The van der Waals surface area contributed by atoms with Gasteiger partial charge in [0.05, 0.1) is 0 Å². The van der Waals surface area contributed by atoms with E-state index in [0.29, 0.717) is 0 Å². The average Bonchev–Trinajstić information content (AvgIpc) is 0.811. The fourth-order valence-electron chi connectivity index (χ4n) is 0. The number of rotatable bonds is 0.